The quantitative estimate of drug-likeness (QED) is 0.417. The molecule has 0 saturated heterocycles. The van der Waals surface area contributed by atoms with E-state index in [4.69, 9.17) is 4.74 Å². The average molecular weight is 397 g/mol. The summed E-state index contributed by atoms with van der Waals surface area (Å²) < 4.78 is 7.52. The van der Waals surface area contributed by atoms with Crippen LogP contribution in [0.1, 0.15) is 0 Å². The first-order valence-corrected chi connectivity index (χ1v) is 10.3. The van der Waals surface area contributed by atoms with E-state index in [9.17, 15) is 0 Å². The maximum absolute atomic E-state index is 5.27. The van der Waals surface area contributed by atoms with Crippen LogP contribution in [0.3, 0.4) is 0 Å². The normalized spacial score (nSPS) is 11.3. The van der Waals surface area contributed by atoms with Gasteiger partial charge in [0.25, 0.3) is 0 Å². The van der Waals surface area contributed by atoms with Crippen LogP contribution in [0, 0.1) is 0 Å². The smallest absolute Gasteiger partial charge is 0.190 e. The van der Waals surface area contributed by atoms with E-state index in [1.54, 1.807) is 41.1 Å². The Labute approximate surface area is 161 Å². The van der Waals surface area contributed by atoms with Crippen LogP contribution in [-0.2, 0) is 0 Å². The van der Waals surface area contributed by atoms with E-state index in [2.05, 4.69) is 26.3 Å². The minimum absolute atomic E-state index is 0.810. The summed E-state index contributed by atoms with van der Waals surface area (Å²) in [7, 11) is 1.67. The molecule has 2 aromatic carbocycles. The van der Waals surface area contributed by atoms with Crippen molar-refractivity contribution in [2.45, 2.75) is 0 Å². The third-order valence-electron chi connectivity index (χ3n) is 3.83. The molecular weight excluding hydrogens is 384 g/mol. The number of nitrogens with one attached hydrogen (secondary N) is 1. The van der Waals surface area contributed by atoms with E-state index in [1.165, 1.54) is 4.70 Å². The molecule has 0 amide bonds. The van der Waals surface area contributed by atoms with Gasteiger partial charge >= 0.3 is 0 Å². The lowest BCUT2D eigenvalue weighted by atomic mass is 10.3. The van der Waals surface area contributed by atoms with Crippen molar-refractivity contribution in [1.29, 1.82) is 0 Å². The number of rotatable bonds is 4. The zero-order valence-electron chi connectivity index (χ0n) is 13.6. The van der Waals surface area contributed by atoms with E-state index in [0.717, 1.165) is 42.4 Å². The van der Waals surface area contributed by atoms with E-state index in [0.29, 0.717) is 0 Å². The van der Waals surface area contributed by atoms with Crippen LogP contribution >= 0.6 is 34.0 Å². The largest absolute Gasteiger partial charge is 0.497 e. The van der Waals surface area contributed by atoms with Gasteiger partial charge in [0.05, 0.1) is 27.5 Å². The highest BCUT2D eigenvalue weighted by Crippen LogP contribution is 2.35. The third-order valence-corrected chi connectivity index (χ3v) is 6.58. The fourth-order valence-electron chi connectivity index (χ4n) is 2.59. The van der Waals surface area contributed by atoms with Gasteiger partial charge in [-0.3, -0.25) is 0 Å². The lowest BCUT2D eigenvalue weighted by molar-refractivity contribution is 0.415. The molecule has 5 rings (SSSR count). The molecule has 26 heavy (non-hydrogen) atoms. The van der Waals surface area contributed by atoms with Crippen LogP contribution in [0.25, 0.3) is 31.1 Å². The Balaban J connectivity index is 1.43. The molecule has 0 fully saturated rings. The van der Waals surface area contributed by atoms with Crippen molar-refractivity contribution in [2.75, 3.05) is 12.4 Å². The average Bonchev–Trinajstić information content (AvgIpc) is 3.38. The Morgan fingerprint density at radius 3 is 2.65 bits per heavy atom. The van der Waals surface area contributed by atoms with Crippen molar-refractivity contribution in [3.8, 4) is 16.5 Å². The molecule has 0 unspecified atom stereocenters. The second-order valence-corrected chi connectivity index (χ2v) is 8.42. The molecule has 0 bridgehead atoms. The Kier molecular flexibility index (Phi) is 3.81. The van der Waals surface area contributed by atoms with Crippen LogP contribution in [0.5, 0.6) is 5.75 Å². The van der Waals surface area contributed by atoms with E-state index in [1.807, 2.05) is 41.8 Å². The Morgan fingerprint density at radius 1 is 0.885 bits per heavy atom. The molecule has 0 atom stereocenters. The van der Waals surface area contributed by atoms with E-state index in [-0.39, 0.29) is 0 Å². The maximum atomic E-state index is 5.27. The topological polar surface area (TPSA) is 59.9 Å². The fourth-order valence-corrected chi connectivity index (χ4v) is 5.24. The van der Waals surface area contributed by atoms with Gasteiger partial charge in [-0.2, -0.15) is 0 Å². The summed E-state index contributed by atoms with van der Waals surface area (Å²) in [5.74, 6) is 0.833. The number of methoxy groups -OCH3 is 1. The standard InChI is InChI=1S/C18H12N4OS3/c1-23-10-6-7-12-15(8-10)26-18(20-12)22-17-21-13(9-24-17)16-19-11-4-2-3-5-14(11)25-16/h2-9H,1H3,(H,20,21,22). The van der Waals surface area contributed by atoms with Gasteiger partial charge < -0.3 is 10.1 Å². The van der Waals surface area contributed by atoms with E-state index < -0.39 is 0 Å². The summed E-state index contributed by atoms with van der Waals surface area (Å²) in [4.78, 5) is 13.9. The molecular formula is C18H12N4OS3. The van der Waals surface area contributed by atoms with Gasteiger partial charge in [0.15, 0.2) is 10.3 Å². The highest BCUT2D eigenvalue weighted by molar-refractivity contribution is 7.23. The van der Waals surface area contributed by atoms with Gasteiger partial charge in [-0.1, -0.05) is 23.5 Å². The second kappa shape index (κ2) is 6.31. The summed E-state index contributed by atoms with van der Waals surface area (Å²) in [6.07, 6.45) is 0. The van der Waals surface area contributed by atoms with E-state index >= 15 is 0 Å². The maximum Gasteiger partial charge on any atom is 0.190 e. The molecule has 128 valence electrons. The number of nitrogens with zero attached hydrogens (tertiary/aromatic N) is 3. The number of aromatic nitrogens is 3. The Morgan fingerprint density at radius 2 is 1.77 bits per heavy atom. The molecule has 8 heteroatoms. The van der Waals surface area contributed by atoms with Gasteiger partial charge in [0, 0.05) is 5.38 Å². The van der Waals surface area contributed by atoms with Crippen molar-refractivity contribution < 1.29 is 4.74 Å². The molecule has 5 nitrogen and oxygen atoms in total. The number of anilines is 2. The van der Waals surface area contributed by atoms with Crippen LogP contribution in [0.15, 0.2) is 47.8 Å². The summed E-state index contributed by atoms with van der Waals surface area (Å²) >= 11 is 4.79. The van der Waals surface area contributed by atoms with Crippen LogP contribution in [-0.4, -0.2) is 22.1 Å². The number of para-hydroxylation sites is 1. The Bertz CT molecular complexity index is 1190. The van der Waals surface area contributed by atoms with Crippen molar-refractivity contribution in [3.63, 3.8) is 0 Å². The first-order valence-electron chi connectivity index (χ1n) is 7.81. The Hall–Kier alpha value is -2.55. The number of thiazole rings is 3. The summed E-state index contributed by atoms with van der Waals surface area (Å²) in [6, 6.07) is 14.0. The summed E-state index contributed by atoms with van der Waals surface area (Å²) in [5.41, 5.74) is 2.85. The molecule has 0 spiro atoms. The monoisotopic (exact) mass is 396 g/mol. The van der Waals surface area contributed by atoms with Gasteiger partial charge in [0.1, 0.15) is 16.5 Å². The molecule has 0 aliphatic rings. The number of hydrogen-bond acceptors (Lipinski definition) is 8. The van der Waals surface area contributed by atoms with Crippen molar-refractivity contribution in [2.24, 2.45) is 0 Å². The molecule has 0 aliphatic heterocycles. The molecule has 3 heterocycles. The zero-order valence-corrected chi connectivity index (χ0v) is 16.0. The molecule has 0 saturated carbocycles. The number of fused-ring (bicyclic) bond motifs is 2. The van der Waals surface area contributed by atoms with Gasteiger partial charge in [-0.25, -0.2) is 15.0 Å². The minimum Gasteiger partial charge on any atom is -0.497 e. The van der Waals surface area contributed by atoms with Gasteiger partial charge in [0.2, 0.25) is 0 Å². The lowest BCUT2D eigenvalue weighted by Gasteiger charge is -1.96. The lowest BCUT2D eigenvalue weighted by Crippen LogP contribution is -1.88. The molecule has 1 N–H and O–H groups in total. The highest BCUT2D eigenvalue weighted by atomic mass is 32.1. The SMILES string of the molecule is COc1ccc2nc(Nc3nc(-c4nc5ccccc5s4)cs3)sc2c1. The molecule has 0 radical (unpaired) electrons. The predicted octanol–water partition coefficient (Wildman–Crippen LogP) is 5.78. The van der Waals surface area contributed by atoms with Gasteiger partial charge in [-0.05, 0) is 30.3 Å². The zero-order chi connectivity index (χ0) is 17.5. The van der Waals surface area contributed by atoms with Crippen molar-refractivity contribution in [1.82, 2.24) is 15.0 Å². The van der Waals surface area contributed by atoms with Crippen LogP contribution < -0.4 is 10.1 Å². The molecule has 0 aliphatic carbocycles. The number of benzene rings is 2. The summed E-state index contributed by atoms with van der Waals surface area (Å²) in [5, 5.41) is 7.89. The first kappa shape index (κ1) is 15.7. The number of ether oxygens (including phenoxy) is 1. The van der Waals surface area contributed by atoms with Gasteiger partial charge in [-0.15, -0.1) is 22.7 Å². The van der Waals surface area contributed by atoms with Crippen LogP contribution in [0.2, 0.25) is 0 Å². The second-order valence-electron chi connectivity index (χ2n) is 5.50. The highest BCUT2D eigenvalue weighted by Gasteiger charge is 2.12. The van der Waals surface area contributed by atoms with Crippen molar-refractivity contribution in [3.05, 3.63) is 47.8 Å². The third kappa shape index (κ3) is 2.82. The first-order chi connectivity index (χ1) is 12.8. The predicted molar refractivity (Wildman–Crippen MR) is 110 cm³/mol. The van der Waals surface area contributed by atoms with Crippen LogP contribution in [0.4, 0.5) is 10.3 Å². The molecule has 3 aromatic heterocycles. The number of hydrogen-bond donors (Lipinski definition) is 1. The summed E-state index contributed by atoms with van der Waals surface area (Å²) in [6.45, 7) is 0. The fraction of sp³-hybridized carbons (Fsp3) is 0.0556. The minimum atomic E-state index is 0.810. The van der Waals surface area contributed by atoms with Crippen molar-refractivity contribution >= 4 is 64.7 Å². The molecule has 5 aromatic rings.